The summed E-state index contributed by atoms with van der Waals surface area (Å²) in [7, 11) is 0. The van der Waals surface area contributed by atoms with Gasteiger partial charge in [0.25, 0.3) is 0 Å². The lowest BCUT2D eigenvalue weighted by Gasteiger charge is -1.95. The molecule has 0 aliphatic rings. The molecule has 0 radical (unpaired) electrons. The van der Waals surface area contributed by atoms with Crippen molar-refractivity contribution in [2.45, 2.75) is 12.6 Å². The summed E-state index contributed by atoms with van der Waals surface area (Å²) in [6, 6.07) is 5.69. The smallest absolute Gasteiger partial charge is 0.475 e. The van der Waals surface area contributed by atoms with Crippen LogP contribution in [-0.4, -0.2) is 23.2 Å². The number of rotatable bonds is 2. The molecule has 18 heavy (non-hydrogen) atoms. The fraction of sp³-hybridized carbons (Fsp3) is 0.200. The Labute approximate surface area is 99.0 Å². The third-order valence-electron chi connectivity index (χ3n) is 1.53. The Morgan fingerprint density at radius 3 is 1.83 bits per heavy atom. The monoisotopic (exact) mass is 267 g/mol. The van der Waals surface area contributed by atoms with Gasteiger partial charge in [0.05, 0.1) is 6.42 Å². The van der Waals surface area contributed by atoms with Crippen molar-refractivity contribution in [3.63, 3.8) is 0 Å². The van der Waals surface area contributed by atoms with E-state index in [1.54, 1.807) is 12.1 Å². The molecule has 0 aromatic heterocycles. The van der Waals surface area contributed by atoms with Crippen LogP contribution < -0.4 is 5.73 Å². The molecule has 0 saturated carbocycles. The molecular weight excluding hydrogens is 258 g/mol. The molecule has 100 valence electrons. The van der Waals surface area contributed by atoms with Crippen LogP contribution in [0.4, 0.5) is 17.6 Å². The Morgan fingerprint density at radius 1 is 1.17 bits per heavy atom. The van der Waals surface area contributed by atoms with E-state index >= 15 is 0 Å². The summed E-state index contributed by atoms with van der Waals surface area (Å²) < 4.78 is 44.0. The first-order valence-corrected chi connectivity index (χ1v) is 4.45. The third kappa shape index (κ3) is 7.20. The first-order valence-electron chi connectivity index (χ1n) is 4.45. The number of carboxylic acid groups (broad SMARTS) is 1. The molecule has 0 fully saturated rings. The minimum Gasteiger partial charge on any atom is -0.475 e. The molecule has 0 heterocycles. The Balaban J connectivity index is 0.000000360. The van der Waals surface area contributed by atoms with Crippen molar-refractivity contribution in [3.8, 4) is 0 Å². The van der Waals surface area contributed by atoms with E-state index in [-0.39, 0.29) is 12.2 Å². The highest BCUT2D eigenvalue weighted by atomic mass is 19.4. The van der Waals surface area contributed by atoms with Crippen LogP contribution in [-0.2, 0) is 16.0 Å². The van der Waals surface area contributed by atoms with Crippen LogP contribution >= 0.6 is 0 Å². The molecule has 1 rings (SSSR count). The summed E-state index contributed by atoms with van der Waals surface area (Å²) in [4.78, 5) is 19.3. The lowest BCUT2D eigenvalue weighted by molar-refractivity contribution is -0.192. The number of nitrogens with two attached hydrogens (primary N) is 1. The molecule has 3 N–H and O–H groups in total. The number of primary amides is 1. The van der Waals surface area contributed by atoms with E-state index in [1.165, 1.54) is 12.1 Å². The van der Waals surface area contributed by atoms with Gasteiger partial charge in [-0.3, -0.25) is 4.79 Å². The highest BCUT2D eigenvalue weighted by molar-refractivity contribution is 5.76. The van der Waals surface area contributed by atoms with Gasteiger partial charge in [-0.25, -0.2) is 9.18 Å². The Hall–Kier alpha value is -2.12. The Kier molecular flexibility index (Phi) is 5.80. The number of aliphatic carboxylic acids is 1. The second-order valence-corrected chi connectivity index (χ2v) is 3.07. The predicted octanol–water partition coefficient (Wildman–Crippen LogP) is 1.49. The second kappa shape index (κ2) is 6.58. The van der Waals surface area contributed by atoms with Crippen molar-refractivity contribution < 1.29 is 32.3 Å². The van der Waals surface area contributed by atoms with Crippen molar-refractivity contribution >= 4 is 11.9 Å². The van der Waals surface area contributed by atoms with Gasteiger partial charge in [-0.2, -0.15) is 13.2 Å². The van der Waals surface area contributed by atoms with Crippen molar-refractivity contribution in [2.75, 3.05) is 0 Å². The quantitative estimate of drug-likeness (QED) is 0.796. The van der Waals surface area contributed by atoms with Gasteiger partial charge < -0.3 is 10.8 Å². The number of carbonyl (C=O) groups is 2. The van der Waals surface area contributed by atoms with Crippen molar-refractivity contribution in [1.82, 2.24) is 0 Å². The van der Waals surface area contributed by atoms with E-state index in [0.29, 0.717) is 0 Å². The van der Waals surface area contributed by atoms with E-state index in [2.05, 4.69) is 0 Å². The predicted molar refractivity (Wildman–Crippen MR) is 53.0 cm³/mol. The molecule has 0 saturated heterocycles. The largest absolute Gasteiger partial charge is 0.490 e. The summed E-state index contributed by atoms with van der Waals surface area (Å²) in [5.41, 5.74) is 5.66. The van der Waals surface area contributed by atoms with Crippen LogP contribution in [0.1, 0.15) is 5.56 Å². The summed E-state index contributed by atoms with van der Waals surface area (Å²) in [6.07, 6.45) is -4.92. The number of halogens is 4. The van der Waals surface area contributed by atoms with Gasteiger partial charge in [0.2, 0.25) is 5.91 Å². The van der Waals surface area contributed by atoms with E-state index in [1.807, 2.05) is 0 Å². The number of alkyl halides is 3. The number of hydrogen-bond acceptors (Lipinski definition) is 2. The van der Waals surface area contributed by atoms with Gasteiger partial charge in [-0.15, -0.1) is 0 Å². The number of amides is 1. The molecule has 0 aliphatic carbocycles. The average molecular weight is 267 g/mol. The van der Waals surface area contributed by atoms with E-state index < -0.39 is 18.1 Å². The maximum atomic E-state index is 12.3. The first-order chi connectivity index (χ1) is 8.12. The van der Waals surface area contributed by atoms with Gasteiger partial charge in [-0.1, -0.05) is 12.1 Å². The van der Waals surface area contributed by atoms with Crippen LogP contribution in [0.15, 0.2) is 24.3 Å². The number of carbonyl (C=O) groups excluding carboxylic acids is 1. The summed E-state index contributed by atoms with van der Waals surface area (Å²) in [5.74, 6) is -3.47. The lowest BCUT2D eigenvalue weighted by atomic mass is 10.1. The van der Waals surface area contributed by atoms with Crippen molar-refractivity contribution in [1.29, 1.82) is 0 Å². The first kappa shape index (κ1) is 15.9. The van der Waals surface area contributed by atoms with Gasteiger partial charge >= 0.3 is 12.1 Å². The highest BCUT2D eigenvalue weighted by Crippen LogP contribution is 2.13. The summed E-state index contributed by atoms with van der Waals surface area (Å²) in [5, 5.41) is 7.12. The standard InChI is InChI=1S/C8H8FNO.C2HF3O2/c9-7-3-1-6(2-4-7)5-8(10)11;3-2(4,5)1(6)7/h1-4H,5H2,(H2,10,11);(H,6,7). The Morgan fingerprint density at radius 2 is 1.56 bits per heavy atom. The zero-order valence-electron chi connectivity index (χ0n) is 8.87. The molecule has 1 aromatic carbocycles. The Bertz CT molecular complexity index is 414. The maximum absolute atomic E-state index is 12.3. The molecule has 0 unspecified atom stereocenters. The molecular formula is C10H9F4NO3. The molecule has 4 nitrogen and oxygen atoms in total. The van der Waals surface area contributed by atoms with Gasteiger partial charge in [0.15, 0.2) is 0 Å². The zero-order chi connectivity index (χ0) is 14.3. The fourth-order valence-corrected chi connectivity index (χ4v) is 0.803. The second-order valence-electron chi connectivity index (χ2n) is 3.07. The SMILES string of the molecule is NC(=O)Cc1ccc(F)cc1.O=C(O)C(F)(F)F. The number of benzene rings is 1. The van der Waals surface area contributed by atoms with E-state index in [4.69, 9.17) is 15.6 Å². The molecule has 1 amide bonds. The molecule has 0 atom stereocenters. The molecule has 0 spiro atoms. The minimum atomic E-state index is -5.08. The van der Waals surface area contributed by atoms with Gasteiger partial charge in [0.1, 0.15) is 5.82 Å². The molecule has 0 bridgehead atoms. The summed E-state index contributed by atoms with van der Waals surface area (Å²) in [6.45, 7) is 0. The van der Waals surface area contributed by atoms with Crippen molar-refractivity contribution in [3.05, 3.63) is 35.6 Å². The average Bonchev–Trinajstić information content (AvgIpc) is 2.20. The fourth-order valence-electron chi connectivity index (χ4n) is 0.803. The number of hydrogen-bond donors (Lipinski definition) is 2. The van der Waals surface area contributed by atoms with Gasteiger partial charge in [0, 0.05) is 0 Å². The normalized spacial score (nSPS) is 10.2. The molecule has 8 heteroatoms. The van der Waals surface area contributed by atoms with Crippen LogP contribution in [0.3, 0.4) is 0 Å². The van der Waals surface area contributed by atoms with Crippen LogP contribution in [0, 0.1) is 5.82 Å². The minimum absolute atomic E-state index is 0.167. The zero-order valence-corrected chi connectivity index (χ0v) is 8.87. The highest BCUT2D eigenvalue weighted by Gasteiger charge is 2.38. The number of carboxylic acids is 1. The summed E-state index contributed by atoms with van der Waals surface area (Å²) >= 11 is 0. The molecule has 1 aromatic rings. The maximum Gasteiger partial charge on any atom is 0.490 e. The van der Waals surface area contributed by atoms with E-state index in [0.717, 1.165) is 5.56 Å². The van der Waals surface area contributed by atoms with E-state index in [9.17, 15) is 22.4 Å². The van der Waals surface area contributed by atoms with Crippen LogP contribution in [0.2, 0.25) is 0 Å². The third-order valence-corrected chi connectivity index (χ3v) is 1.53. The van der Waals surface area contributed by atoms with Crippen LogP contribution in [0.5, 0.6) is 0 Å². The van der Waals surface area contributed by atoms with Crippen LogP contribution in [0.25, 0.3) is 0 Å². The van der Waals surface area contributed by atoms with Gasteiger partial charge in [-0.05, 0) is 17.7 Å². The lowest BCUT2D eigenvalue weighted by Crippen LogP contribution is -2.21. The molecule has 0 aliphatic heterocycles. The topological polar surface area (TPSA) is 80.4 Å². The van der Waals surface area contributed by atoms with Crippen molar-refractivity contribution in [2.24, 2.45) is 5.73 Å².